The molecule has 3 fully saturated rings. The summed E-state index contributed by atoms with van der Waals surface area (Å²) in [5.41, 5.74) is 2.25. The van der Waals surface area contributed by atoms with Gasteiger partial charge in [-0.15, -0.1) is 6.58 Å². The minimum atomic E-state index is -1.50. The van der Waals surface area contributed by atoms with Gasteiger partial charge in [0.2, 0.25) is 2.86 Å². The molecule has 0 spiro atoms. The highest BCUT2D eigenvalue weighted by atomic mass is 31.1. The second kappa shape index (κ2) is 27.3. The first-order valence-corrected chi connectivity index (χ1v) is 26.2. The van der Waals surface area contributed by atoms with Crippen LogP contribution in [0.3, 0.4) is 0 Å². The second-order valence-corrected chi connectivity index (χ2v) is 19.2. The lowest BCUT2D eigenvalue weighted by molar-refractivity contribution is -0.0123. The van der Waals surface area contributed by atoms with Crippen molar-refractivity contribution in [3.05, 3.63) is 110 Å². The van der Waals surface area contributed by atoms with Gasteiger partial charge in [0.25, 0.3) is 11.8 Å². The normalized spacial score (nSPS) is 23.2. The number of rotatable bonds is 12. The van der Waals surface area contributed by atoms with Crippen molar-refractivity contribution in [1.82, 2.24) is 39.0 Å². The summed E-state index contributed by atoms with van der Waals surface area (Å²) in [4.78, 5) is 52.7. The molecule has 0 bridgehead atoms. The number of aliphatic hydroxyl groups is 2. The van der Waals surface area contributed by atoms with Crippen molar-refractivity contribution in [2.45, 2.75) is 75.9 Å². The molecule has 6 aromatic rings. The fourth-order valence-electron chi connectivity index (χ4n) is 7.34. The number of hydrogen-bond acceptors (Lipinski definition) is 15. The Balaban J connectivity index is 0.000000228. The standard InChI is InChI=1S/C22H25FN5O3P.C19H21FN5O3P.C4H8O.2CH4O/c1-5-11-27(21(29)15-9-7-6-8-10-15)19-17-20(25-12-24-19)28(13-26-17)22-16(23)18(14(2)30-22)31-32(3)4;1-11-15(28-29(2)3)13(20)19(27-11)25-10-23-14-16(21-9-22-17(14)25)24-18(26)12-7-5-4-6-8-12;1-2-4-5-3-1;2*1-2/h5-10,12-14,16,18,22H,1,11H2,2-4H3;4-11,13,15,19H,1-3H3,(H,21,22,24,26);1-4H2;2*2H,1H3/t14-,16-,18-,22?;11-,13-,15-,19?;;;/m11.../s1/i2D;1D;;2*2T. The van der Waals surface area contributed by atoms with E-state index in [-0.39, 0.29) is 43.8 Å². The van der Waals surface area contributed by atoms with E-state index in [0.717, 1.165) is 13.2 Å². The summed E-state index contributed by atoms with van der Waals surface area (Å²) in [5.74, 6) is -0.104. The number of hydrogen-bond donors (Lipinski definition) is 3. The molecule has 3 saturated heterocycles. The predicted molar refractivity (Wildman–Crippen MR) is 266 cm³/mol. The van der Waals surface area contributed by atoms with E-state index in [0.29, 0.717) is 33.5 Å². The molecule has 3 aliphatic heterocycles. The number of aliphatic hydroxyl groups excluding tert-OH is 2. The Morgan fingerprint density at radius 1 is 0.814 bits per heavy atom. The molecule has 0 saturated carbocycles. The van der Waals surface area contributed by atoms with Gasteiger partial charge in [0.05, 0.1) is 24.9 Å². The molecule has 2 aromatic carbocycles. The summed E-state index contributed by atoms with van der Waals surface area (Å²) in [6, 6.07) is 17.5. The van der Waals surface area contributed by atoms with Crippen molar-refractivity contribution < 1.29 is 54.6 Å². The van der Waals surface area contributed by atoms with E-state index in [2.05, 4.69) is 52.0 Å². The van der Waals surface area contributed by atoms with Gasteiger partial charge in [0, 0.05) is 64.1 Å². The maximum Gasteiger partial charge on any atom is 0.259 e. The van der Waals surface area contributed by atoms with E-state index < -0.39 is 65.5 Å². The molecule has 4 aromatic heterocycles. The highest BCUT2D eigenvalue weighted by Gasteiger charge is 2.47. The third-order valence-electron chi connectivity index (χ3n) is 10.4. The van der Waals surface area contributed by atoms with Crippen LogP contribution in [0.15, 0.2) is 98.6 Å². The monoisotopic (exact) mass is 1020 g/mol. The van der Waals surface area contributed by atoms with Crippen molar-refractivity contribution >= 4 is 62.1 Å². The molecule has 0 aliphatic carbocycles. The Labute approximate surface area is 414 Å². The summed E-state index contributed by atoms with van der Waals surface area (Å²) in [7, 11) is 0.927. The molecular formula is C47H62F2N10O9P2. The molecule has 19 nitrogen and oxygen atoms in total. The summed E-state index contributed by atoms with van der Waals surface area (Å²) < 4.78 is 88.4. The van der Waals surface area contributed by atoms with Crippen molar-refractivity contribution in [1.29, 1.82) is 2.86 Å². The lowest BCUT2D eigenvalue weighted by atomic mass is 10.2. The Morgan fingerprint density at radius 2 is 1.30 bits per heavy atom. The van der Waals surface area contributed by atoms with Crippen LogP contribution in [0.5, 0.6) is 0 Å². The van der Waals surface area contributed by atoms with Gasteiger partial charge in [0.15, 0.2) is 58.8 Å². The number of nitrogens with one attached hydrogen (secondary N) is 1. The van der Waals surface area contributed by atoms with Gasteiger partial charge < -0.3 is 38.8 Å². The van der Waals surface area contributed by atoms with E-state index in [1.807, 2.05) is 38.8 Å². The van der Waals surface area contributed by atoms with Gasteiger partial charge in [-0.2, -0.15) is 0 Å². The zero-order valence-corrected chi connectivity index (χ0v) is 41.6. The maximum atomic E-state index is 15.4. The molecule has 3 aliphatic rings. The van der Waals surface area contributed by atoms with Crippen LogP contribution in [0, 0.1) is 0 Å². The maximum absolute atomic E-state index is 15.4. The first kappa shape index (κ1) is 49.6. The van der Waals surface area contributed by atoms with Gasteiger partial charge in [-0.05, 0) is 77.6 Å². The quantitative estimate of drug-likeness (QED) is 0.0806. The highest BCUT2D eigenvalue weighted by Crippen LogP contribution is 2.43. The molecule has 70 heavy (non-hydrogen) atoms. The van der Waals surface area contributed by atoms with E-state index in [4.69, 9.17) is 28.9 Å². The minimum Gasteiger partial charge on any atom is -0.400 e. The van der Waals surface area contributed by atoms with Gasteiger partial charge in [-0.25, -0.2) is 38.7 Å². The number of ether oxygens (including phenoxy) is 3. The molecule has 8 atom stereocenters. The number of carbonyl (C=O) groups excluding carboxylic acids is 2. The van der Waals surface area contributed by atoms with E-state index in [1.165, 1.54) is 66.4 Å². The molecule has 9 rings (SSSR count). The number of nitrogens with zero attached hydrogens (tertiary/aromatic N) is 9. The van der Waals surface area contributed by atoms with Crippen LogP contribution in [0.4, 0.5) is 20.4 Å². The number of alkyl halides is 2. The molecule has 7 heterocycles. The number of halogens is 2. The van der Waals surface area contributed by atoms with Crippen LogP contribution >= 0.6 is 16.3 Å². The van der Waals surface area contributed by atoms with Crippen molar-refractivity contribution in [2.75, 3.05) is 70.9 Å². The molecule has 3 N–H and O–H groups in total. The largest absolute Gasteiger partial charge is 0.400 e. The number of benzene rings is 2. The number of amides is 2. The van der Waals surface area contributed by atoms with E-state index in [9.17, 15) is 9.59 Å². The molecule has 0 radical (unpaired) electrons. The molecule has 378 valence electrons. The van der Waals surface area contributed by atoms with Gasteiger partial charge >= 0.3 is 0 Å². The third-order valence-corrected chi connectivity index (χ3v) is 11.7. The van der Waals surface area contributed by atoms with Gasteiger partial charge in [0.1, 0.15) is 24.9 Å². The fourth-order valence-corrected chi connectivity index (χ4v) is 8.82. The second-order valence-electron chi connectivity index (χ2n) is 15.6. The summed E-state index contributed by atoms with van der Waals surface area (Å²) in [6.07, 6.45) is 1.42. The first-order chi connectivity index (χ1) is 35.8. The van der Waals surface area contributed by atoms with Crippen LogP contribution in [0.25, 0.3) is 22.3 Å². The van der Waals surface area contributed by atoms with Crippen LogP contribution in [0.1, 0.15) is 62.6 Å². The number of anilines is 2. The van der Waals surface area contributed by atoms with Crippen molar-refractivity contribution in [2.24, 2.45) is 0 Å². The van der Waals surface area contributed by atoms with Crippen LogP contribution in [-0.4, -0.2) is 161 Å². The number of aromatic nitrogens is 8. The average Bonchev–Trinajstić information content (AvgIpc) is 4.28. The number of carbonyl (C=O) groups is 2. The summed E-state index contributed by atoms with van der Waals surface area (Å²) >= 11 is 0. The zero-order chi connectivity index (χ0) is 53.7. The third kappa shape index (κ3) is 13.5. The fraction of sp³-hybridized carbons (Fsp3) is 0.447. The number of fused-ring (bicyclic) bond motifs is 2. The van der Waals surface area contributed by atoms with Gasteiger partial charge in [-0.1, -0.05) is 42.5 Å². The number of imidazole rings is 2. The lowest BCUT2D eigenvalue weighted by Crippen LogP contribution is -2.32. The smallest absolute Gasteiger partial charge is 0.259 e. The Morgan fingerprint density at radius 3 is 1.77 bits per heavy atom. The lowest BCUT2D eigenvalue weighted by Gasteiger charge is -2.21. The zero-order valence-electron chi connectivity index (χ0n) is 43.8. The van der Waals surface area contributed by atoms with Gasteiger partial charge in [-0.3, -0.25) is 23.6 Å². The van der Waals surface area contributed by atoms with E-state index >= 15 is 8.78 Å². The Hall–Kier alpha value is -5.34. The predicted octanol–water partition coefficient (Wildman–Crippen LogP) is 7.35. The van der Waals surface area contributed by atoms with Crippen molar-refractivity contribution in [3.8, 4) is 0 Å². The SMILES string of the molecule is C1CCOC1.[2H]C[C@H]1OC(n2cnc3c(N(CC=C)C(=O)c4ccccc4)ncnc32)[C@H](F)[C@@H]1OP(C)C.[2H]C[C@H]1OC(n2cnc3c(NC(=O)c4ccccc4)ncnc32)[C@H](F)[C@@H]1OP(C)C.[3H]OC.[3H]OC. The van der Waals surface area contributed by atoms with Crippen LogP contribution in [-0.2, 0) is 23.3 Å². The summed E-state index contributed by atoms with van der Waals surface area (Å²) in [6.45, 7) is 13.2. The Bertz CT molecular complexity index is 2650. The molecular weight excluding hydrogens is 949 g/mol. The average molecular weight is 1020 g/mol. The van der Waals surface area contributed by atoms with Crippen molar-refractivity contribution in [3.63, 3.8) is 0 Å². The molecule has 2 unspecified atom stereocenters. The van der Waals surface area contributed by atoms with Crippen LogP contribution in [0.2, 0.25) is 0 Å². The Kier molecular flexibility index (Phi) is 19.4. The minimum absolute atomic E-state index is 0.120. The molecule has 23 heteroatoms. The van der Waals surface area contributed by atoms with E-state index in [1.54, 1.807) is 54.6 Å². The van der Waals surface area contributed by atoms with Crippen LogP contribution < -0.4 is 10.2 Å². The highest BCUT2D eigenvalue weighted by molar-refractivity contribution is 7.51. The first-order valence-electron chi connectivity index (χ1n) is 24.1. The molecule has 2 amide bonds. The summed E-state index contributed by atoms with van der Waals surface area (Å²) in [5, 5.41) is 9.72. The topological polar surface area (TPSA) is 223 Å².